The van der Waals surface area contributed by atoms with Crippen LogP contribution in [0.5, 0.6) is 0 Å². The second kappa shape index (κ2) is 6.18. The summed E-state index contributed by atoms with van der Waals surface area (Å²) in [6.07, 6.45) is 0.702. The largest absolute Gasteiger partial charge is 0.468 e. The van der Waals surface area contributed by atoms with Crippen molar-refractivity contribution in [2.75, 3.05) is 14.2 Å². The van der Waals surface area contributed by atoms with Gasteiger partial charge in [0.1, 0.15) is 0 Å². The van der Waals surface area contributed by atoms with E-state index in [0.717, 1.165) is 11.1 Å². The van der Waals surface area contributed by atoms with Gasteiger partial charge in [0.2, 0.25) is 0 Å². The number of methoxy groups -OCH3 is 2. The van der Waals surface area contributed by atoms with Gasteiger partial charge in [-0.25, -0.2) is 0 Å². The number of carbonyl (C=O) groups excluding carboxylic acids is 2. The number of carbonyl (C=O) groups is 2. The molecular weight excluding hydrogens is 284 g/mol. The molecule has 0 aromatic rings. The van der Waals surface area contributed by atoms with Crippen molar-refractivity contribution in [1.29, 1.82) is 0 Å². The topological polar surface area (TPSA) is 52.6 Å². The molecule has 1 aliphatic rings. The zero-order chi connectivity index (χ0) is 16.4. The first-order valence-electron chi connectivity index (χ1n) is 7.15. The predicted molar refractivity (Wildman–Crippen MR) is 85.4 cm³/mol. The van der Waals surface area contributed by atoms with Crippen LogP contribution in [0.4, 0.5) is 0 Å². The molecule has 21 heavy (non-hydrogen) atoms. The highest BCUT2D eigenvalue weighted by Crippen LogP contribution is 2.46. The highest BCUT2D eigenvalue weighted by molar-refractivity contribution is 6.81. The molecule has 0 amide bonds. The van der Waals surface area contributed by atoms with Crippen molar-refractivity contribution in [3.8, 4) is 0 Å². The summed E-state index contributed by atoms with van der Waals surface area (Å²) < 4.78 is 9.79. The Morgan fingerprint density at radius 2 is 1.71 bits per heavy atom. The van der Waals surface area contributed by atoms with Gasteiger partial charge in [0.25, 0.3) is 0 Å². The third-order valence-electron chi connectivity index (χ3n) is 3.91. The van der Waals surface area contributed by atoms with Gasteiger partial charge in [0, 0.05) is 0 Å². The Kier molecular flexibility index (Phi) is 5.20. The summed E-state index contributed by atoms with van der Waals surface area (Å²) in [5, 5.41) is 0. The van der Waals surface area contributed by atoms with Crippen LogP contribution in [0.1, 0.15) is 19.8 Å². The van der Waals surface area contributed by atoms with Crippen molar-refractivity contribution in [2.45, 2.75) is 39.4 Å². The van der Waals surface area contributed by atoms with Crippen LogP contribution < -0.4 is 0 Å². The molecule has 1 aliphatic carbocycles. The minimum Gasteiger partial charge on any atom is -0.468 e. The Balaban J connectivity index is 3.35. The Labute approximate surface area is 128 Å². The summed E-state index contributed by atoms with van der Waals surface area (Å²) in [6, 6.07) is 0. The molecule has 1 unspecified atom stereocenters. The van der Waals surface area contributed by atoms with Gasteiger partial charge in [-0.1, -0.05) is 44.4 Å². The first-order chi connectivity index (χ1) is 9.57. The van der Waals surface area contributed by atoms with Gasteiger partial charge < -0.3 is 9.47 Å². The first-order valence-corrected chi connectivity index (χ1v) is 10.7. The normalized spacial score (nSPS) is 23.8. The zero-order valence-corrected chi connectivity index (χ0v) is 14.9. The minimum atomic E-state index is -1.50. The lowest BCUT2D eigenvalue weighted by atomic mass is 9.66. The molecule has 0 bridgehead atoms. The molecule has 0 spiro atoms. The van der Waals surface area contributed by atoms with E-state index >= 15 is 0 Å². The molecule has 0 aromatic heterocycles. The van der Waals surface area contributed by atoms with Crippen molar-refractivity contribution < 1.29 is 19.1 Å². The van der Waals surface area contributed by atoms with Gasteiger partial charge in [-0.05, 0) is 24.3 Å². The number of hydrogen-bond acceptors (Lipinski definition) is 4. The molecule has 0 aromatic carbocycles. The van der Waals surface area contributed by atoms with Crippen LogP contribution in [0.3, 0.4) is 0 Å². The highest BCUT2D eigenvalue weighted by Gasteiger charge is 2.52. The Morgan fingerprint density at radius 1 is 1.24 bits per heavy atom. The number of ether oxygens (including phenoxy) is 2. The second-order valence-corrected chi connectivity index (χ2v) is 11.9. The Hall–Kier alpha value is -1.36. The maximum atomic E-state index is 12.3. The summed E-state index contributed by atoms with van der Waals surface area (Å²) in [6.45, 7) is 12.8. The van der Waals surface area contributed by atoms with Crippen LogP contribution in [0, 0.1) is 11.3 Å². The van der Waals surface area contributed by atoms with E-state index in [2.05, 4.69) is 31.9 Å². The van der Waals surface area contributed by atoms with E-state index in [0.29, 0.717) is 12.8 Å². The van der Waals surface area contributed by atoms with Crippen LogP contribution in [0.15, 0.2) is 23.4 Å². The molecule has 0 heterocycles. The first kappa shape index (κ1) is 17.7. The van der Waals surface area contributed by atoms with Gasteiger partial charge in [0.05, 0.1) is 22.3 Å². The lowest BCUT2D eigenvalue weighted by molar-refractivity contribution is -0.171. The molecule has 0 aliphatic heterocycles. The molecule has 1 fully saturated rings. The summed E-state index contributed by atoms with van der Waals surface area (Å²) in [5.74, 6) is -0.995. The Morgan fingerprint density at radius 3 is 2.10 bits per heavy atom. The van der Waals surface area contributed by atoms with Crippen molar-refractivity contribution in [2.24, 2.45) is 11.3 Å². The smallest absolute Gasteiger partial charge is 0.323 e. The van der Waals surface area contributed by atoms with Crippen LogP contribution >= 0.6 is 0 Å². The number of rotatable bonds is 3. The summed E-state index contributed by atoms with van der Waals surface area (Å²) >= 11 is 0. The average molecular weight is 310 g/mol. The van der Waals surface area contributed by atoms with Crippen molar-refractivity contribution in [3.05, 3.63) is 23.4 Å². The van der Waals surface area contributed by atoms with Gasteiger partial charge in [-0.2, -0.15) is 0 Å². The van der Waals surface area contributed by atoms with Gasteiger partial charge >= 0.3 is 11.9 Å². The number of esters is 2. The lowest BCUT2D eigenvalue weighted by Crippen LogP contribution is -2.46. The third-order valence-corrected chi connectivity index (χ3v) is 5.13. The lowest BCUT2D eigenvalue weighted by Gasteiger charge is -2.38. The van der Waals surface area contributed by atoms with Gasteiger partial charge in [-0.3, -0.25) is 9.59 Å². The van der Waals surface area contributed by atoms with Crippen molar-refractivity contribution in [1.82, 2.24) is 0 Å². The summed E-state index contributed by atoms with van der Waals surface area (Å²) in [4.78, 5) is 24.6. The maximum absolute atomic E-state index is 12.3. The molecule has 118 valence electrons. The SMILES string of the molecule is C=C1/C(=C\[Si](C)(C)C)CC(C(=O)OC)(C(=O)OC)CC1C. The molecule has 5 heteroatoms. The molecule has 4 nitrogen and oxygen atoms in total. The number of hydrogen-bond donors (Lipinski definition) is 0. The zero-order valence-electron chi connectivity index (χ0n) is 13.9. The highest BCUT2D eigenvalue weighted by atomic mass is 28.3. The molecule has 1 rings (SSSR count). The molecule has 0 radical (unpaired) electrons. The van der Waals surface area contributed by atoms with E-state index in [-0.39, 0.29) is 5.92 Å². The number of allylic oxidation sites excluding steroid dienone is 2. The Bertz CT molecular complexity index is 469. The fraction of sp³-hybridized carbons (Fsp3) is 0.625. The van der Waals surface area contributed by atoms with E-state index in [1.807, 2.05) is 6.92 Å². The predicted octanol–water partition coefficient (Wildman–Crippen LogP) is 3.11. The monoisotopic (exact) mass is 310 g/mol. The van der Waals surface area contributed by atoms with Crippen LogP contribution in [0.2, 0.25) is 19.6 Å². The van der Waals surface area contributed by atoms with Gasteiger partial charge in [0.15, 0.2) is 5.41 Å². The average Bonchev–Trinajstić information content (AvgIpc) is 2.40. The molecule has 1 atom stereocenters. The van der Waals surface area contributed by atoms with Crippen molar-refractivity contribution in [3.63, 3.8) is 0 Å². The minimum absolute atomic E-state index is 0.0412. The molecular formula is C16H26O4Si. The third kappa shape index (κ3) is 3.64. The molecule has 0 saturated heterocycles. The van der Waals surface area contributed by atoms with Crippen LogP contribution in [-0.2, 0) is 19.1 Å². The van der Waals surface area contributed by atoms with E-state index in [1.165, 1.54) is 14.2 Å². The van der Waals surface area contributed by atoms with E-state index < -0.39 is 25.4 Å². The quantitative estimate of drug-likeness (QED) is 0.456. The fourth-order valence-corrected chi connectivity index (χ4v) is 4.26. The molecule has 1 saturated carbocycles. The summed E-state index contributed by atoms with van der Waals surface area (Å²) in [7, 11) is 1.12. The van der Waals surface area contributed by atoms with Crippen molar-refractivity contribution >= 4 is 20.0 Å². The summed E-state index contributed by atoms with van der Waals surface area (Å²) in [5.41, 5.74) is 2.99. The van der Waals surface area contributed by atoms with E-state index in [1.54, 1.807) is 0 Å². The van der Waals surface area contributed by atoms with Crippen LogP contribution in [0.25, 0.3) is 0 Å². The fourth-order valence-electron chi connectivity index (χ4n) is 2.92. The van der Waals surface area contributed by atoms with E-state index in [4.69, 9.17) is 9.47 Å². The molecule has 0 N–H and O–H groups in total. The standard InChI is InChI=1S/C16H26O4Si/c1-11-8-16(14(17)19-3,15(18)20-4)9-13(12(11)2)10-21(5,6)7/h10-11H,2,8-9H2,1,3-7H3/b13-10-. The van der Waals surface area contributed by atoms with E-state index in [9.17, 15) is 9.59 Å². The second-order valence-electron chi connectivity index (χ2n) is 6.91. The van der Waals surface area contributed by atoms with Gasteiger partial charge in [-0.15, -0.1) is 0 Å². The van der Waals surface area contributed by atoms with Crippen LogP contribution in [-0.4, -0.2) is 34.2 Å². The maximum Gasteiger partial charge on any atom is 0.323 e.